The fourth-order valence-electron chi connectivity index (χ4n) is 1.26. The van der Waals surface area contributed by atoms with Gasteiger partial charge in [-0.25, -0.2) is 0 Å². The smallest absolute Gasteiger partial charge is 0.240 e. The predicted octanol–water partition coefficient (Wildman–Crippen LogP) is 2.67. The van der Waals surface area contributed by atoms with Crippen LogP contribution in [0.3, 0.4) is 0 Å². The summed E-state index contributed by atoms with van der Waals surface area (Å²) in [6.45, 7) is 6.17. The number of nitrogens with two attached hydrogens (primary N) is 2. The number of amides is 2. The second-order valence-electron chi connectivity index (χ2n) is 3.95. The van der Waals surface area contributed by atoms with Crippen molar-refractivity contribution in [2.45, 2.75) is 0 Å². The second kappa shape index (κ2) is 11.7. The molecule has 0 unspecified atom stereocenters. The van der Waals surface area contributed by atoms with Crippen LogP contribution in [0.5, 0.6) is 0 Å². The Morgan fingerprint density at radius 2 is 0.909 bits per heavy atom. The van der Waals surface area contributed by atoms with Crippen LogP contribution in [-0.4, -0.2) is 11.8 Å². The van der Waals surface area contributed by atoms with Gasteiger partial charge in [0.1, 0.15) is 0 Å². The summed E-state index contributed by atoms with van der Waals surface area (Å²) in [5.41, 5.74) is 11.6. The van der Waals surface area contributed by atoms with E-state index in [9.17, 15) is 9.59 Å². The average Bonchev–Trinajstić information content (AvgIpc) is 2.57. The second-order valence-corrected chi connectivity index (χ2v) is 3.95. The van der Waals surface area contributed by atoms with Gasteiger partial charge < -0.3 is 11.5 Å². The maximum absolute atomic E-state index is 9.47. The van der Waals surface area contributed by atoms with Gasteiger partial charge in [0, 0.05) is 0 Å². The Labute approximate surface area is 130 Å². The topological polar surface area (TPSA) is 86.2 Å². The molecule has 22 heavy (non-hydrogen) atoms. The molecular formula is C18H20N2O2. The number of carbonyl (C=O) groups excluding carboxylic acids is 2. The zero-order valence-electron chi connectivity index (χ0n) is 12.3. The molecule has 0 fully saturated rings. The van der Waals surface area contributed by atoms with Gasteiger partial charge in [0.2, 0.25) is 11.8 Å². The summed E-state index contributed by atoms with van der Waals surface area (Å²) in [5, 5.41) is 0. The summed E-state index contributed by atoms with van der Waals surface area (Å²) in [7, 11) is 0. The molecule has 0 aliphatic heterocycles. The molecule has 2 amide bonds. The van der Waals surface area contributed by atoms with Crippen molar-refractivity contribution in [3.8, 4) is 11.1 Å². The standard InChI is InChI=1S/C12H10.2C3H5NO/c1-3-7-11(8-4-1)12-9-5-2-6-10-12;2*1-2-3(4)5/h1-10H;2*2H,1H2,(H2,4,5). The lowest BCUT2D eigenvalue weighted by molar-refractivity contribution is -0.114. The molecule has 0 saturated carbocycles. The van der Waals surface area contributed by atoms with E-state index in [1.54, 1.807) is 0 Å². The third-order valence-corrected chi connectivity index (χ3v) is 2.28. The van der Waals surface area contributed by atoms with E-state index in [0.29, 0.717) is 0 Å². The minimum Gasteiger partial charge on any atom is -0.366 e. The van der Waals surface area contributed by atoms with Gasteiger partial charge in [0.25, 0.3) is 0 Å². The first-order valence-corrected chi connectivity index (χ1v) is 6.45. The molecule has 4 nitrogen and oxygen atoms in total. The molecule has 0 atom stereocenters. The lowest BCUT2D eigenvalue weighted by Gasteiger charge is -1.98. The Morgan fingerprint density at radius 1 is 0.682 bits per heavy atom. The molecule has 0 saturated heterocycles. The first-order chi connectivity index (χ1) is 10.5. The van der Waals surface area contributed by atoms with Crippen molar-refractivity contribution < 1.29 is 9.59 Å². The molecule has 0 heterocycles. The van der Waals surface area contributed by atoms with Crippen molar-refractivity contribution in [3.05, 3.63) is 86.0 Å². The molecule has 4 heteroatoms. The van der Waals surface area contributed by atoms with E-state index in [1.165, 1.54) is 11.1 Å². The summed E-state index contributed by atoms with van der Waals surface area (Å²) in [6, 6.07) is 20.8. The fraction of sp³-hybridized carbons (Fsp3) is 0. The number of hydrogen-bond acceptors (Lipinski definition) is 2. The van der Waals surface area contributed by atoms with E-state index in [1.807, 2.05) is 12.1 Å². The third kappa shape index (κ3) is 9.75. The highest BCUT2D eigenvalue weighted by molar-refractivity contribution is 5.85. The third-order valence-electron chi connectivity index (χ3n) is 2.28. The largest absolute Gasteiger partial charge is 0.366 e. The van der Waals surface area contributed by atoms with Gasteiger partial charge in [-0.05, 0) is 23.3 Å². The number of primary amides is 2. The number of carbonyl (C=O) groups is 2. The Bertz CT molecular complexity index is 537. The van der Waals surface area contributed by atoms with Crippen molar-refractivity contribution in [2.75, 3.05) is 0 Å². The highest BCUT2D eigenvalue weighted by Crippen LogP contribution is 2.17. The van der Waals surface area contributed by atoms with E-state index >= 15 is 0 Å². The molecule has 2 aromatic carbocycles. The van der Waals surface area contributed by atoms with Crippen LogP contribution in [0.4, 0.5) is 0 Å². The average molecular weight is 296 g/mol. The van der Waals surface area contributed by atoms with E-state index in [0.717, 1.165) is 12.2 Å². The number of hydrogen-bond donors (Lipinski definition) is 2. The number of rotatable bonds is 3. The first-order valence-electron chi connectivity index (χ1n) is 6.45. The predicted molar refractivity (Wildman–Crippen MR) is 90.7 cm³/mol. The molecule has 2 rings (SSSR count). The van der Waals surface area contributed by atoms with Crippen LogP contribution < -0.4 is 11.5 Å². The summed E-state index contributed by atoms with van der Waals surface area (Å²) in [5.74, 6) is -0.963. The molecule has 4 N–H and O–H groups in total. The Morgan fingerprint density at radius 3 is 1.09 bits per heavy atom. The molecule has 0 spiro atoms. The molecule has 114 valence electrons. The zero-order chi connectivity index (χ0) is 16.8. The van der Waals surface area contributed by atoms with Crippen molar-refractivity contribution in [1.29, 1.82) is 0 Å². The van der Waals surface area contributed by atoms with E-state index in [2.05, 4.69) is 73.2 Å². The van der Waals surface area contributed by atoms with Crippen LogP contribution in [0.15, 0.2) is 86.0 Å². The van der Waals surface area contributed by atoms with Crippen molar-refractivity contribution >= 4 is 11.8 Å². The molecule has 0 aliphatic rings. The summed E-state index contributed by atoms with van der Waals surface area (Å²) in [4.78, 5) is 18.9. The fourth-order valence-corrected chi connectivity index (χ4v) is 1.26. The zero-order valence-corrected chi connectivity index (χ0v) is 12.3. The highest BCUT2D eigenvalue weighted by Gasteiger charge is 1.91. The van der Waals surface area contributed by atoms with Gasteiger partial charge in [-0.15, -0.1) is 0 Å². The SMILES string of the molecule is C=CC(N)=O.C=CC(N)=O.c1ccc(-c2ccccc2)cc1. The van der Waals surface area contributed by atoms with Crippen molar-refractivity contribution in [2.24, 2.45) is 11.5 Å². The lowest BCUT2D eigenvalue weighted by Crippen LogP contribution is -2.04. The quantitative estimate of drug-likeness (QED) is 0.853. The van der Waals surface area contributed by atoms with Gasteiger partial charge in [0.05, 0.1) is 0 Å². The summed E-state index contributed by atoms with van der Waals surface area (Å²) < 4.78 is 0. The Hall–Kier alpha value is -3.14. The van der Waals surface area contributed by atoms with Crippen LogP contribution in [0, 0.1) is 0 Å². The Balaban J connectivity index is 0.000000372. The van der Waals surface area contributed by atoms with Crippen molar-refractivity contribution in [1.82, 2.24) is 0 Å². The van der Waals surface area contributed by atoms with Crippen molar-refractivity contribution in [3.63, 3.8) is 0 Å². The molecular weight excluding hydrogens is 276 g/mol. The lowest BCUT2D eigenvalue weighted by atomic mass is 10.1. The molecule has 0 bridgehead atoms. The molecule has 0 aliphatic carbocycles. The van der Waals surface area contributed by atoms with Gasteiger partial charge in [-0.2, -0.15) is 0 Å². The minimum absolute atomic E-state index is 0.481. The maximum atomic E-state index is 9.47. The van der Waals surface area contributed by atoms with Crippen LogP contribution >= 0.6 is 0 Å². The summed E-state index contributed by atoms with van der Waals surface area (Å²) in [6.07, 6.45) is 2.11. The molecule has 0 aromatic heterocycles. The van der Waals surface area contributed by atoms with Gasteiger partial charge in [0.15, 0.2) is 0 Å². The van der Waals surface area contributed by atoms with E-state index in [-0.39, 0.29) is 0 Å². The van der Waals surface area contributed by atoms with Crippen LogP contribution in [-0.2, 0) is 9.59 Å². The minimum atomic E-state index is -0.481. The van der Waals surface area contributed by atoms with Crippen LogP contribution in [0.25, 0.3) is 11.1 Å². The normalized spacial score (nSPS) is 8.18. The van der Waals surface area contributed by atoms with Gasteiger partial charge in [-0.1, -0.05) is 73.8 Å². The monoisotopic (exact) mass is 296 g/mol. The molecule has 0 radical (unpaired) electrons. The van der Waals surface area contributed by atoms with Crippen LogP contribution in [0.1, 0.15) is 0 Å². The highest BCUT2D eigenvalue weighted by atomic mass is 16.1. The van der Waals surface area contributed by atoms with E-state index in [4.69, 9.17) is 0 Å². The summed E-state index contributed by atoms with van der Waals surface area (Å²) >= 11 is 0. The van der Waals surface area contributed by atoms with Gasteiger partial charge >= 0.3 is 0 Å². The molecule has 2 aromatic rings. The van der Waals surface area contributed by atoms with Crippen LogP contribution in [0.2, 0.25) is 0 Å². The maximum Gasteiger partial charge on any atom is 0.240 e. The van der Waals surface area contributed by atoms with Gasteiger partial charge in [-0.3, -0.25) is 9.59 Å². The first kappa shape index (κ1) is 18.9. The number of benzene rings is 2. The van der Waals surface area contributed by atoms with E-state index < -0.39 is 11.8 Å². The Kier molecular flexibility index (Phi) is 10.0.